The first-order valence-corrected chi connectivity index (χ1v) is 19.7. The molecule has 11 atom stereocenters. The zero-order valence-corrected chi connectivity index (χ0v) is 30.4. The molecule has 5 heterocycles. The molecule has 55 heavy (non-hydrogen) atoms. The summed E-state index contributed by atoms with van der Waals surface area (Å²) in [7, 11) is 0. The molecule has 4 fully saturated rings. The Morgan fingerprint density at radius 1 is 0.909 bits per heavy atom. The van der Waals surface area contributed by atoms with Crippen molar-refractivity contribution < 1.29 is 49.7 Å². The van der Waals surface area contributed by atoms with Crippen LogP contribution in [-0.4, -0.2) is 95.6 Å². The van der Waals surface area contributed by atoms with Gasteiger partial charge in [-0.25, -0.2) is 4.98 Å². The van der Waals surface area contributed by atoms with Crippen LogP contribution < -0.4 is 10.1 Å². The van der Waals surface area contributed by atoms with Crippen LogP contribution in [0.4, 0.5) is 5.82 Å². The van der Waals surface area contributed by atoms with Crippen molar-refractivity contribution in [2.75, 3.05) is 11.9 Å². The second-order valence-electron chi connectivity index (χ2n) is 17.7. The quantitative estimate of drug-likeness (QED) is 0.138. The number of carbonyl (C=O) groups excluding carboxylic acids is 2. The van der Waals surface area contributed by atoms with E-state index >= 15 is 0 Å². The largest absolute Gasteiger partial charge is 0.507 e. The number of nitrogens with zero attached hydrogens (tertiary/aromatic N) is 1. The molecule has 286 valence electrons. The topological polar surface area (TPSA) is 199 Å². The van der Waals surface area contributed by atoms with Gasteiger partial charge in [0.05, 0.1) is 23.3 Å². The highest BCUT2D eigenvalue weighted by molar-refractivity contribution is 6.34. The second kappa shape index (κ2) is 11.0. The molecule has 0 amide bonds. The first-order valence-electron chi connectivity index (χ1n) is 19.7. The van der Waals surface area contributed by atoms with Gasteiger partial charge in [-0.2, -0.15) is 0 Å². The molecule has 2 aromatic carbocycles. The summed E-state index contributed by atoms with van der Waals surface area (Å²) in [6.45, 7) is 1.76. The normalized spacial score (nSPS) is 40.9. The molecule has 1 saturated heterocycles. The SMILES string of the molecule is Cc1cc(O)c2c(c1)C(=O)c1c(c3cc4c(nccc14)NC[C@@H](O)CC1=C4C=C[C@@]5(O3)O[C@]4([C@H](O)[C@@]34CC[C@]6(CCC[C@@H]6CC[C@H]13)C4)[C@@H](O)[C@H](O)[C@H]5O)C2=O. The molecule has 3 saturated carbocycles. The summed E-state index contributed by atoms with van der Waals surface area (Å²) in [6, 6.07) is 6.07. The number of anilines is 1. The number of ketones is 2. The lowest BCUT2D eigenvalue weighted by Gasteiger charge is -2.64. The van der Waals surface area contributed by atoms with Gasteiger partial charge >= 0.3 is 0 Å². The lowest BCUT2D eigenvalue weighted by molar-refractivity contribution is -0.369. The highest BCUT2D eigenvalue weighted by Crippen LogP contribution is 2.72. The van der Waals surface area contributed by atoms with Crippen molar-refractivity contribution in [3.05, 3.63) is 81.6 Å². The van der Waals surface area contributed by atoms with Crippen molar-refractivity contribution in [2.45, 2.75) is 107 Å². The van der Waals surface area contributed by atoms with E-state index in [0.717, 1.165) is 50.5 Å². The smallest absolute Gasteiger partial charge is 0.260 e. The first-order chi connectivity index (χ1) is 26.3. The van der Waals surface area contributed by atoms with Crippen molar-refractivity contribution in [3.63, 3.8) is 0 Å². The third-order valence-electron chi connectivity index (χ3n) is 15.3. The van der Waals surface area contributed by atoms with Crippen LogP contribution in [0, 0.1) is 29.6 Å². The molecule has 9 aliphatic rings. The summed E-state index contributed by atoms with van der Waals surface area (Å²) in [6.07, 6.45) is 4.39. The van der Waals surface area contributed by atoms with E-state index in [4.69, 9.17) is 9.47 Å². The molecular weight excluding hydrogens is 704 g/mol. The van der Waals surface area contributed by atoms with Crippen LogP contribution >= 0.6 is 0 Å². The van der Waals surface area contributed by atoms with Crippen LogP contribution in [0.1, 0.15) is 95.2 Å². The number of hydrogen-bond donors (Lipinski definition) is 7. The molecule has 4 aliphatic heterocycles. The molecule has 12 rings (SSSR count). The van der Waals surface area contributed by atoms with Crippen molar-refractivity contribution in [1.29, 1.82) is 0 Å². The Morgan fingerprint density at radius 2 is 1.75 bits per heavy atom. The third-order valence-corrected chi connectivity index (χ3v) is 15.3. The van der Waals surface area contributed by atoms with Gasteiger partial charge in [-0.15, -0.1) is 0 Å². The number of ether oxygens (including phenoxy) is 2. The van der Waals surface area contributed by atoms with Gasteiger partial charge in [0.2, 0.25) is 5.78 Å². The number of phenols is 1. The summed E-state index contributed by atoms with van der Waals surface area (Å²) >= 11 is 0. The van der Waals surface area contributed by atoms with Crippen LogP contribution in [0.15, 0.2) is 53.8 Å². The molecule has 12 nitrogen and oxygen atoms in total. The number of aromatic hydroxyl groups is 1. The van der Waals surface area contributed by atoms with Crippen LogP contribution in [0.25, 0.3) is 10.8 Å². The Hall–Kier alpha value is -4.17. The monoisotopic (exact) mass is 748 g/mol. The standard InChI is InChI=1S/C43H44N2O10/c1-19-13-25-30(28(47)14-19)34(49)32-29-16-23-22(31(32)33(25)48)7-12-44-38(23)45-17-21(46)15-24-26-5-4-20-3-2-8-40(20)10-11-41(26,18-40)39(53)43-27(24)6-9-42(54-29,55-43)36(51)35(50)37(43)52/h6-7,9,12-14,16,20-21,26,35-37,39,46-47,50-53H,2-5,8,10-11,15,17-18H2,1H3,(H,44,45)/t20-,21+,26-,35-,36-,37+,39-,40-,41-,42-,43+/m1/s1. The maximum Gasteiger partial charge on any atom is 0.260 e. The summed E-state index contributed by atoms with van der Waals surface area (Å²) in [5, 5.41) is 76.1. The fourth-order valence-electron chi connectivity index (χ4n) is 13.0. The fourth-order valence-corrected chi connectivity index (χ4v) is 13.0. The van der Waals surface area contributed by atoms with Crippen LogP contribution in [-0.2, 0) is 4.74 Å². The molecule has 12 heteroatoms. The zero-order chi connectivity index (χ0) is 38.0. The Labute approximate surface area is 316 Å². The van der Waals surface area contributed by atoms with E-state index in [1.54, 1.807) is 25.1 Å². The van der Waals surface area contributed by atoms with Gasteiger partial charge in [-0.05, 0) is 122 Å². The van der Waals surface area contributed by atoms with Crippen molar-refractivity contribution >= 4 is 28.2 Å². The molecule has 0 unspecified atom stereocenters. The Kier molecular flexibility index (Phi) is 6.83. The van der Waals surface area contributed by atoms with Crippen LogP contribution in [0.5, 0.6) is 11.5 Å². The lowest BCUT2D eigenvalue weighted by atomic mass is 9.51. The summed E-state index contributed by atoms with van der Waals surface area (Å²) in [4.78, 5) is 33.7. The predicted octanol–water partition coefficient (Wildman–Crippen LogP) is 3.74. The van der Waals surface area contributed by atoms with E-state index in [9.17, 15) is 40.2 Å². The number of aryl methyl sites for hydroxylation is 1. The molecule has 1 aromatic heterocycles. The van der Waals surface area contributed by atoms with Gasteiger partial charge in [0.1, 0.15) is 29.5 Å². The van der Waals surface area contributed by atoms with Gasteiger partial charge in [0.25, 0.3) is 5.79 Å². The van der Waals surface area contributed by atoms with E-state index in [1.165, 1.54) is 24.4 Å². The van der Waals surface area contributed by atoms with Gasteiger partial charge in [-0.1, -0.05) is 18.1 Å². The molecule has 0 radical (unpaired) electrons. The molecule has 8 bridgehead atoms. The predicted molar refractivity (Wildman–Crippen MR) is 197 cm³/mol. The number of fused-ring (bicyclic) bond motifs is 6. The summed E-state index contributed by atoms with van der Waals surface area (Å²) in [5.74, 6) is -3.37. The Morgan fingerprint density at radius 3 is 2.58 bits per heavy atom. The van der Waals surface area contributed by atoms with Crippen molar-refractivity contribution in [3.8, 4) is 11.5 Å². The molecule has 5 aliphatic carbocycles. The van der Waals surface area contributed by atoms with Gasteiger partial charge in [0.15, 0.2) is 17.5 Å². The number of aliphatic hydroxyl groups is 5. The number of hydrogen-bond acceptors (Lipinski definition) is 12. The third kappa shape index (κ3) is 4.10. The first kappa shape index (κ1) is 34.1. The average Bonchev–Trinajstić information content (AvgIpc) is 3.71. The fraction of sp³-hybridized carbons (Fsp3) is 0.512. The van der Waals surface area contributed by atoms with Crippen LogP contribution in [0.2, 0.25) is 0 Å². The average molecular weight is 749 g/mol. The minimum atomic E-state index is -2.27. The number of aliphatic hydroxyl groups excluding tert-OH is 5. The maximum atomic E-state index is 14.6. The van der Waals surface area contributed by atoms with Crippen molar-refractivity contribution in [2.24, 2.45) is 22.7 Å². The molecule has 7 N–H and O–H groups in total. The number of nitrogens with one attached hydrogen (secondary N) is 1. The van der Waals surface area contributed by atoms with E-state index in [0.29, 0.717) is 40.1 Å². The number of aromatic nitrogens is 1. The maximum absolute atomic E-state index is 14.6. The van der Waals surface area contributed by atoms with Gasteiger partial charge < -0.3 is 45.4 Å². The van der Waals surface area contributed by atoms with E-state index in [-0.39, 0.29) is 58.1 Å². The number of phenolic OH excluding ortho intramolecular Hbond substituents is 1. The molecular formula is C43H44N2O10. The van der Waals surface area contributed by atoms with E-state index in [2.05, 4.69) is 10.3 Å². The highest BCUT2D eigenvalue weighted by Gasteiger charge is 2.75. The summed E-state index contributed by atoms with van der Waals surface area (Å²) < 4.78 is 13.7. The Balaban J connectivity index is 1.17. The van der Waals surface area contributed by atoms with E-state index in [1.807, 2.05) is 0 Å². The minimum absolute atomic E-state index is 0.00647. The highest BCUT2D eigenvalue weighted by atomic mass is 16.7. The number of pyridine rings is 1. The molecule has 4 spiro atoms. The zero-order valence-electron chi connectivity index (χ0n) is 30.4. The van der Waals surface area contributed by atoms with Crippen molar-refractivity contribution in [1.82, 2.24) is 4.98 Å². The molecule has 3 aromatic rings. The minimum Gasteiger partial charge on any atom is -0.507 e. The number of benzene rings is 2. The van der Waals surface area contributed by atoms with E-state index < -0.39 is 58.9 Å². The lowest BCUT2D eigenvalue weighted by Crippen LogP contribution is -2.79. The Bertz CT molecular complexity index is 2340. The number of rotatable bonds is 0. The number of carbonyl (C=O) groups is 2. The van der Waals surface area contributed by atoms with Crippen LogP contribution in [0.3, 0.4) is 0 Å². The summed E-state index contributed by atoms with van der Waals surface area (Å²) in [5.41, 5.74) is -1.16. The van der Waals surface area contributed by atoms with Gasteiger partial charge in [-0.3, -0.25) is 9.59 Å². The van der Waals surface area contributed by atoms with Gasteiger partial charge in [0, 0.05) is 34.7 Å². The second-order valence-corrected chi connectivity index (χ2v) is 17.7.